The van der Waals surface area contributed by atoms with E-state index in [2.05, 4.69) is 10.1 Å². The van der Waals surface area contributed by atoms with Gasteiger partial charge in [0.1, 0.15) is 5.75 Å². The molecule has 1 heterocycles. The molecule has 3 rings (SSSR count). The summed E-state index contributed by atoms with van der Waals surface area (Å²) in [6.07, 6.45) is 0. The SMILES string of the molecule is COc1ccc(-c2noc(-c3ccccc3OC)n2)cc1OC. The Labute approximate surface area is 133 Å². The lowest BCUT2D eigenvalue weighted by Gasteiger charge is -2.07. The normalized spacial score (nSPS) is 10.4. The van der Waals surface area contributed by atoms with Crippen LogP contribution in [0, 0.1) is 0 Å². The summed E-state index contributed by atoms with van der Waals surface area (Å²) in [6, 6.07) is 12.9. The minimum atomic E-state index is 0.396. The second kappa shape index (κ2) is 6.39. The Morgan fingerprint density at radius 1 is 0.826 bits per heavy atom. The minimum Gasteiger partial charge on any atom is -0.496 e. The average molecular weight is 312 g/mol. The number of rotatable bonds is 5. The molecule has 0 amide bonds. The highest BCUT2D eigenvalue weighted by molar-refractivity contribution is 5.66. The van der Waals surface area contributed by atoms with E-state index in [-0.39, 0.29) is 0 Å². The number of para-hydroxylation sites is 1. The van der Waals surface area contributed by atoms with Crippen LogP contribution in [-0.4, -0.2) is 31.5 Å². The molecule has 0 aliphatic heterocycles. The second-order valence-corrected chi connectivity index (χ2v) is 4.69. The van der Waals surface area contributed by atoms with E-state index in [0.29, 0.717) is 29.0 Å². The molecule has 118 valence electrons. The van der Waals surface area contributed by atoms with Gasteiger partial charge in [-0.25, -0.2) is 0 Å². The quantitative estimate of drug-likeness (QED) is 0.719. The van der Waals surface area contributed by atoms with Crippen LogP contribution in [0.1, 0.15) is 0 Å². The molecule has 1 aromatic heterocycles. The van der Waals surface area contributed by atoms with Crippen molar-refractivity contribution in [1.82, 2.24) is 10.1 Å². The highest BCUT2D eigenvalue weighted by Crippen LogP contribution is 2.33. The topological polar surface area (TPSA) is 66.6 Å². The van der Waals surface area contributed by atoms with E-state index in [4.69, 9.17) is 18.7 Å². The molecule has 6 heteroatoms. The number of hydrogen-bond acceptors (Lipinski definition) is 6. The summed E-state index contributed by atoms with van der Waals surface area (Å²) in [7, 11) is 4.77. The molecule has 0 N–H and O–H groups in total. The first-order valence-electron chi connectivity index (χ1n) is 6.96. The van der Waals surface area contributed by atoms with Crippen LogP contribution < -0.4 is 14.2 Å². The number of hydrogen-bond donors (Lipinski definition) is 0. The van der Waals surface area contributed by atoms with E-state index in [1.165, 1.54) is 0 Å². The molecule has 0 atom stereocenters. The molecule has 23 heavy (non-hydrogen) atoms. The first-order valence-corrected chi connectivity index (χ1v) is 6.96. The lowest BCUT2D eigenvalue weighted by atomic mass is 10.2. The van der Waals surface area contributed by atoms with Crippen molar-refractivity contribution in [2.45, 2.75) is 0 Å². The fourth-order valence-corrected chi connectivity index (χ4v) is 2.25. The zero-order valence-corrected chi connectivity index (χ0v) is 13.1. The van der Waals surface area contributed by atoms with Gasteiger partial charge in [-0.2, -0.15) is 4.98 Å². The first-order chi connectivity index (χ1) is 11.3. The summed E-state index contributed by atoms with van der Waals surface area (Å²) >= 11 is 0. The number of aromatic nitrogens is 2. The zero-order valence-electron chi connectivity index (χ0n) is 13.1. The van der Waals surface area contributed by atoms with Gasteiger partial charge in [0.05, 0.1) is 26.9 Å². The van der Waals surface area contributed by atoms with Crippen LogP contribution in [0.5, 0.6) is 17.2 Å². The molecule has 0 radical (unpaired) electrons. The number of nitrogens with zero attached hydrogens (tertiary/aromatic N) is 2. The highest BCUT2D eigenvalue weighted by Gasteiger charge is 2.15. The van der Waals surface area contributed by atoms with Crippen molar-refractivity contribution in [2.75, 3.05) is 21.3 Å². The summed E-state index contributed by atoms with van der Waals surface area (Å²) in [5.41, 5.74) is 1.52. The number of ether oxygens (including phenoxy) is 3. The molecule has 0 spiro atoms. The summed E-state index contributed by atoms with van der Waals surface area (Å²) < 4.78 is 21.2. The van der Waals surface area contributed by atoms with Gasteiger partial charge in [0.25, 0.3) is 5.89 Å². The van der Waals surface area contributed by atoms with Crippen molar-refractivity contribution in [3.8, 4) is 40.1 Å². The van der Waals surface area contributed by atoms with Crippen LogP contribution in [0.2, 0.25) is 0 Å². The molecule has 0 bridgehead atoms. The van der Waals surface area contributed by atoms with Crippen LogP contribution >= 0.6 is 0 Å². The van der Waals surface area contributed by atoms with Crippen LogP contribution in [0.4, 0.5) is 0 Å². The number of methoxy groups -OCH3 is 3. The Morgan fingerprint density at radius 3 is 2.30 bits per heavy atom. The average Bonchev–Trinajstić information content (AvgIpc) is 3.11. The van der Waals surface area contributed by atoms with Gasteiger partial charge in [-0.15, -0.1) is 0 Å². The maximum atomic E-state index is 5.36. The lowest BCUT2D eigenvalue weighted by Crippen LogP contribution is -1.91. The first kappa shape index (κ1) is 14.9. The van der Waals surface area contributed by atoms with Crippen LogP contribution in [0.3, 0.4) is 0 Å². The molecule has 2 aromatic carbocycles. The van der Waals surface area contributed by atoms with Crippen LogP contribution in [-0.2, 0) is 0 Å². The fraction of sp³-hybridized carbons (Fsp3) is 0.176. The molecule has 0 unspecified atom stereocenters. The van der Waals surface area contributed by atoms with Crippen molar-refractivity contribution < 1.29 is 18.7 Å². The van der Waals surface area contributed by atoms with E-state index in [1.54, 1.807) is 33.5 Å². The standard InChI is InChI=1S/C17H16N2O4/c1-20-13-7-5-4-6-12(13)17-18-16(19-23-17)11-8-9-14(21-2)15(10-11)22-3/h4-10H,1-3H3. The Bertz CT molecular complexity index is 814. The van der Waals surface area contributed by atoms with Crippen molar-refractivity contribution in [1.29, 1.82) is 0 Å². The molecule has 0 saturated carbocycles. The molecule has 3 aromatic rings. The molecule has 0 aliphatic carbocycles. The van der Waals surface area contributed by atoms with Gasteiger partial charge in [0.15, 0.2) is 11.5 Å². The van der Waals surface area contributed by atoms with Crippen molar-refractivity contribution in [3.05, 3.63) is 42.5 Å². The Kier molecular flexibility index (Phi) is 4.14. The monoisotopic (exact) mass is 312 g/mol. The summed E-state index contributed by atoms with van der Waals surface area (Å²) in [5, 5.41) is 4.03. The Balaban J connectivity index is 1.99. The molecule has 0 aliphatic rings. The van der Waals surface area contributed by atoms with Crippen LogP contribution in [0.15, 0.2) is 47.0 Å². The minimum absolute atomic E-state index is 0.396. The van der Waals surface area contributed by atoms with Gasteiger partial charge >= 0.3 is 0 Å². The maximum absolute atomic E-state index is 5.36. The third kappa shape index (κ3) is 2.83. The van der Waals surface area contributed by atoms with Crippen molar-refractivity contribution in [3.63, 3.8) is 0 Å². The highest BCUT2D eigenvalue weighted by atomic mass is 16.5. The van der Waals surface area contributed by atoms with Gasteiger partial charge in [-0.1, -0.05) is 17.3 Å². The van der Waals surface area contributed by atoms with Crippen molar-refractivity contribution in [2.24, 2.45) is 0 Å². The lowest BCUT2D eigenvalue weighted by molar-refractivity contribution is 0.355. The van der Waals surface area contributed by atoms with E-state index in [0.717, 1.165) is 11.1 Å². The van der Waals surface area contributed by atoms with Gasteiger partial charge in [-0.05, 0) is 30.3 Å². The maximum Gasteiger partial charge on any atom is 0.262 e. The van der Waals surface area contributed by atoms with Gasteiger partial charge in [0.2, 0.25) is 5.82 Å². The Morgan fingerprint density at radius 2 is 1.57 bits per heavy atom. The summed E-state index contributed by atoms with van der Waals surface area (Å²) in [6.45, 7) is 0. The molecule has 0 saturated heterocycles. The molecule has 6 nitrogen and oxygen atoms in total. The third-order valence-electron chi connectivity index (χ3n) is 3.41. The zero-order chi connectivity index (χ0) is 16.2. The van der Waals surface area contributed by atoms with E-state index in [9.17, 15) is 0 Å². The predicted octanol–water partition coefficient (Wildman–Crippen LogP) is 3.43. The van der Waals surface area contributed by atoms with Gasteiger partial charge < -0.3 is 18.7 Å². The van der Waals surface area contributed by atoms with E-state index < -0.39 is 0 Å². The number of benzene rings is 2. The van der Waals surface area contributed by atoms with Crippen LogP contribution in [0.25, 0.3) is 22.8 Å². The van der Waals surface area contributed by atoms with E-state index in [1.807, 2.05) is 30.3 Å². The second-order valence-electron chi connectivity index (χ2n) is 4.69. The predicted molar refractivity (Wildman–Crippen MR) is 84.8 cm³/mol. The molecular formula is C17H16N2O4. The third-order valence-corrected chi connectivity index (χ3v) is 3.41. The Hall–Kier alpha value is -3.02. The molecule has 0 fully saturated rings. The van der Waals surface area contributed by atoms with Crippen molar-refractivity contribution >= 4 is 0 Å². The fourth-order valence-electron chi connectivity index (χ4n) is 2.25. The van der Waals surface area contributed by atoms with E-state index >= 15 is 0 Å². The largest absolute Gasteiger partial charge is 0.496 e. The summed E-state index contributed by atoms with van der Waals surface area (Å²) in [5.74, 6) is 2.78. The van der Waals surface area contributed by atoms with Gasteiger partial charge in [0, 0.05) is 5.56 Å². The van der Waals surface area contributed by atoms with Gasteiger partial charge in [-0.3, -0.25) is 0 Å². The smallest absolute Gasteiger partial charge is 0.262 e. The summed E-state index contributed by atoms with van der Waals surface area (Å²) in [4.78, 5) is 4.44. The molecular weight excluding hydrogens is 296 g/mol.